The van der Waals surface area contributed by atoms with E-state index in [1.54, 1.807) is 0 Å². The molecule has 1 aliphatic heterocycles. The Morgan fingerprint density at radius 3 is 2.56 bits per heavy atom. The molecule has 5 nitrogen and oxygen atoms in total. The molecule has 0 radical (unpaired) electrons. The van der Waals surface area contributed by atoms with Gasteiger partial charge in [0.2, 0.25) is 0 Å². The number of hydrogen-bond donors (Lipinski definition) is 1. The molecule has 0 aliphatic carbocycles. The predicted molar refractivity (Wildman–Crippen MR) is 60.0 cm³/mol. The summed E-state index contributed by atoms with van der Waals surface area (Å²) in [6.45, 7) is 1.91. The normalized spacial score (nSPS) is 21.9. The lowest BCUT2D eigenvalue weighted by molar-refractivity contribution is 0.445. The van der Waals surface area contributed by atoms with Crippen LogP contribution in [0.15, 0.2) is 17.3 Å². The van der Waals surface area contributed by atoms with Crippen LogP contribution < -0.4 is 5.32 Å². The van der Waals surface area contributed by atoms with Crippen molar-refractivity contribution in [3.05, 3.63) is 18.2 Å². The SMILES string of the molecule is CS(=O)(=O)c1cnc(C2CCCNC2)nc1. The summed E-state index contributed by atoms with van der Waals surface area (Å²) < 4.78 is 22.5. The zero-order valence-corrected chi connectivity index (χ0v) is 10.00. The van der Waals surface area contributed by atoms with Gasteiger partial charge in [-0.05, 0) is 19.4 Å². The van der Waals surface area contributed by atoms with Crippen molar-refractivity contribution in [1.82, 2.24) is 15.3 Å². The fraction of sp³-hybridized carbons (Fsp3) is 0.600. The van der Waals surface area contributed by atoms with Gasteiger partial charge in [-0.15, -0.1) is 0 Å². The molecule has 1 aromatic heterocycles. The molecule has 1 atom stereocenters. The van der Waals surface area contributed by atoms with E-state index in [-0.39, 0.29) is 4.90 Å². The number of piperidine rings is 1. The molecule has 1 saturated heterocycles. The van der Waals surface area contributed by atoms with Crippen LogP contribution in [0.25, 0.3) is 0 Å². The fourth-order valence-corrected chi connectivity index (χ4v) is 2.29. The summed E-state index contributed by atoms with van der Waals surface area (Å²) in [6.07, 6.45) is 6.12. The molecule has 16 heavy (non-hydrogen) atoms. The van der Waals surface area contributed by atoms with Gasteiger partial charge in [-0.2, -0.15) is 0 Å². The van der Waals surface area contributed by atoms with Crippen molar-refractivity contribution in [2.75, 3.05) is 19.3 Å². The van der Waals surface area contributed by atoms with E-state index in [1.807, 2.05) is 0 Å². The van der Waals surface area contributed by atoms with E-state index in [2.05, 4.69) is 15.3 Å². The highest BCUT2D eigenvalue weighted by Crippen LogP contribution is 2.19. The monoisotopic (exact) mass is 241 g/mol. The van der Waals surface area contributed by atoms with Crippen LogP contribution in [0, 0.1) is 0 Å². The number of sulfone groups is 1. The first-order valence-electron chi connectivity index (χ1n) is 5.30. The molecule has 0 spiro atoms. The van der Waals surface area contributed by atoms with Crippen molar-refractivity contribution < 1.29 is 8.42 Å². The molecular weight excluding hydrogens is 226 g/mol. The molecule has 1 fully saturated rings. The molecule has 0 aromatic carbocycles. The number of rotatable bonds is 2. The zero-order valence-electron chi connectivity index (χ0n) is 9.18. The highest BCUT2D eigenvalue weighted by atomic mass is 32.2. The highest BCUT2D eigenvalue weighted by molar-refractivity contribution is 7.90. The molecular formula is C10H15N3O2S. The second kappa shape index (κ2) is 4.47. The molecule has 1 N–H and O–H groups in total. The van der Waals surface area contributed by atoms with Gasteiger partial charge in [0.25, 0.3) is 0 Å². The van der Waals surface area contributed by atoms with Crippen molar-refractivity contribution in [2.45, 2.75) is 23.7 Å². The third-order valence-corrected chi connectivity index (χ3v) is 3.81. The lowest BCUT2D eigenvalue weighted by atomic mass is 9.99. The summed E-state index contributed by atoms with van der Waals surface area (Å²) in [5.74, 6) is 1.04. The molecule has 0 amide bonds. The number of hydrogen-bond acceptors (Lipinski definition) is 5. The highest BCUT2D eigenvalue weighted by Gasteiger charge is 2.18. The first-order valence-corrected chi connectivity index (χ1v) is 7.19. The van der Waals surface area contributed by atoms with E-state index >= 15 is 0 Å². The molecule has 2 rings (SSSR count). The fourth-order valence-electron chi connectivity index (χ4n) is 1.80. The quantitative estimate of drug-likeness (QED) is 0.808. The third kappa shape index (κ3) is 2.56. The van der Waals surface area contributed by atoms with Crippen LogP contribution in [-0.2, 0) is 9.84 Å². The van der Waals surface area contributed by atoms with Crippen LogP contribution in [0.2, 0.25) is 0 Å². The van der Waals surface area contributed by atoms with Crippen molar-refractivity contribution >= 4 is 9.84 Å². The number of nitrogens with zero attached hydrogens (tertiary/aromatic N) is 2. The van der Waals surface area contributed by atoms with E-state index in [0.29, 0.717) is 5.92 Å². The first kappa shape index (κ1) is 11.5. The van der Waals surface area contributed by atoms with E-state index in [9.17, 15) is 8.42 Å². The Bertz CT molecular complexity index is 449. The lowest BCUT2D eigenvalue weighted by Crippen LogP contribution is -2.29. The largest absolute Gasteiger partial charge is 0.316 e. The molecule has 0 saturated carbocycles. The molecule has 2 heterocycles. The second-order valence-electron chi connectivity index (χ2n) is 4.09. The standard InChI is InChI=1S/C10H15N3O2S/c1-16(14,15)9-6-12-10(13-7-9)8-3-2-4-11-5-8/h6-8,11H,2-5H2,1H3. The predicted octanol–water partition coefficient (Wildman–Crippen LogP) is 0.347. The molecule has 1 aliphatic rings. The molecule has 6 heteroatoms. The topological polar surface area (TPSA) is 72.0 Å². The van der Waals surface area contributed by atoms with Crippen molar-refractivity contribution in [2.24, 2.45) is 0 Å². The Balaban J connectivity index is 2.18. The van der Waals surface area contributed by atoms with Crippen molar-refractivity contribution in [1.29, 1.82) is 0 Å². The van der Waals surface area contributed by atoms with Crippen LogP contribution in [0.4, 0.5) is 0 Å². The maximum atomic E-state index is 11.2. The summed E-state index contributed by atoms with van der Waals surface area (Å²) in [6, 6.07) is 0. The Morgan fingerprint density at radius 2 is 2.06 bits per heavy atom. The Morgan fingerprint density at radius 1 is 1.38 bits per heavy atom. The Hall–Kier alpha value is -1.01. The minimum Gasteiger partial charge on any atom is -0.316 e. The second-order valence-corrected chi connectivity index (χ2v) is 6.11. The van der Waals surface area contributed by atoms with E-state index in [0.717, 1.165) is 38.0 Å². The Kier molecular flexibility index (Phi) is 3.20. The van der Waals surface area contributed by atoms with Crippen LogP contribution in [0.3, 0.4) is 0 Å². The maximum absolute atomic E-state index is 11.2. The minimum absolute atomic E-state index is 0.181. The van der Waals surface area contributed by atoms with Crippen molar-refractivity contribution in [3.63, 3.8) is 0 Å². The zero-order chi connectivity index (χ0) is 11.6. The number of aromatic nitrogens is 2. The smallest absolute Gasteiger partial charge is 0.178 e. The van der Waals surface area contributed by atoms with E-state index < -0.39 is 9.84 Å². The van der Waals surface area contributed by atoms with Gasteiger partial charge in [-0.3, -0.25) is 0 Å². The van der Waals surface area contributed by atoms with Gasteiger partial charge in [0.1, 0.15) is 10.7 Å². The molecule has 1 unspecified atom stereocenters. The van der Waals surface area contributed by atoms with Gasteiger partial charge in [-0.1, -0.05) is 0 Å². The maximum Gasteiger partial charge on any atom is 0.178 e. The average Bonchev–Trinajstić information content (AvgIpc) is 2.29. The van der Waals surface area contributed by atoms with E-state index in [1.165, 1.54) is 12.4 Å². The van der Waals surface area contributed by atoms with Gasteiger partial charge in [0, 0.05) is 31.1 Å². The van der Waals surface area contributed by atoms with E-state index in [4.69, 9.17) is 0 Å². The number of nitrogens with one attached hydrogen (secondary N) is 1. The first-order chi connectivity index (χ1) is 7.57. The van der Waals surface area contributed by atoms with Crippen LogP contribution >= 0.6 is 0 Å². The van der Waals surface area contributed by atoms with Gasteiger partial charge < -0.3 is 5.32 Å². The Labute approximate surface area is 95.2 Å². The third-order valence-electron chi connectivity index (χ3n) is 2.74. The molecule has 0 bridgehead atoms. The summed E-state index contributed by atoms with van der Waals surface area (Å²) in [5.41, 5.74) is 0. The van der Waals surface area contributed by atoms with Crippen molar-refractivity contribution in [3.8, 4) is 0 Å². The summed E-state index contributed by atoms with van der Waals surface area (Å²) in [4.78, 5) is 8.46. The average molecular weight is 241 g/mol. The van der Waals surface area contributed by atoms with Gasteiger partial charge in [0.15, 0.2) is 9.84 Å². The van der Waals surface area contributed by atoms with Gasteiger partial charge in [-0.25, -0.2) is 18.4 Å². The summed E-state index contributed by atoms with van der Waals surface area (Å²) in [7, 11) is -3.19. The summed E-state index contributed by atoms with van der Waals surface area (Å²) >= 11 is 0. The van der Waals surface area contributed by atoms with Gasteiger partial charge >= 0.3 is 0 Å². The van der Waals surface area contributed by atoms with Crippen LogP contribution in [-0.4, -0.2) is 37.7 Å². The lowest BCUT2D eigenvalue weighted by Gasteiger charge is -2.21. The van der Waals surface area contributed by atoms with Gasteiger partial charge in [0.05, 0.1) is 0 Å². The van der Waals surface area contributed by atoms with Crippen LogP contribution in [0.5, 0.6) is 0 Å². The summed E-state index contributed by atoms with van der Waals surface area (Å²) in [5, 5.41) is 3.28. The van der Waals surface area contributed by atoms with Crippen LogP contribution in [0.1, 0.15) is 24.6 Å². The molecule has 88 valence electrons. The minimum atomic E-state index is -3.19. The molecule has 1 aromatic rings.